The molecular formula is C23H29N10O6PS. The standard InChI is InChI=1S/C23H29N10O6PS/c1-2-36-17-6-4-16(5-7-17)33-12-18(20(31-33)21-26-8-3-9-27-21)29-22(34)19-13-41-23(30-19)15-10-28-32(11-15)14-37-40(35,38-24)39-25/h3,8-13,16-17H,2,4-7,14,24-25H2,1H3,(H,29,34). The second-order valence-corrected chi connectivity index (χ2v) is 11.4. The van der Waals surface area contributed by atoms with E-state index in [9.17, 15) is 9.36 Å². The first-order valence-electron chi connectivity index (χ1n) is 12.7. The van der Waals surface area contributed by atoms with Crippen LogP contribution in [0.4, 0.5) is 5.69 Å². The number of nitrogens with one attached hydrogen (secondary N) is 1. The van der Waals surface area contributed by atoms with E-state index in [1.165, 1.54) is 22.2 Å². The molecule has 0 bridgehead atoms. The highest BCUT2D eigenvalue weighted by molar-refractivity contribution is 7.48. The van der Waals surface area contributed by atoms with Gasteiger partial charge in [-0.05, 0) is 38.7 Å². The zero-order valence-corrected chi connectivity index (χ0v) is 23.7. The van der Waals surface area contributed by atoms with Crippen LogP contribution in [0.1, 0.15) is 49.1 Å². The molecule has 1 fully saturated rings. The maximum absolute atomic E-state index is 13.2. The van der Waals surface area contributed by atoms with Gasteiger partial charge in [0.15, 0.2) is 18.2 Å². The molecule has 0 unspecified atom stereocenters. The Bertz CT molecular complexity index is 1500. The second-order valence-electron chi connectivity index (χ2n) is 9.01. The summed E-state index contributed by atoms with van der Waals surface area (Å²) in [4.78, 5) is 26.4. The number of amides is 1. The lowest BCUT2D eigenvalue weighted by Gasteiger charge is -2.28. The Hall–Kier alpha value is -3.41. The number of rotatable bonds is 12. The third kappa shape index (κ3) is 6.91. The fraction of sp³-hybridized carbons (Fsp3) is 0.391. The zero-order valence-electron chi connectivity index (χ0n) is 22.0. The van der Waals surface area contributed by atoms with Crippen molar-refractivity contribution in [2.75, 3.05) is 11.9 Å². The van der Waals surface area contributed by atoms with Crippen LogP contribution in [0.5, 0.6) is 0 Å². The second kappa shape index (κ2) is 13.1. The van der Waals surface area contributed by atoms with E-state index < -0.39 is 13.7 Å². The average molecular weight is 605 g/mol. The van der Waals surface area contributed by atoms with Crippen LogP contribution in [0.25, 0.3) is 22.1 Å². The van der Waals surface area contributed by atoms with Crippen LogP contribution in [0.15, 0.2) is 42.4 Å². The summed E-state index contributed by atoms with van der Waals surface area (Å²) in [7, 11) is -4.08. The summed E-state index contributed by atoms with van der Waals surface area (Å²) >= 11 is 1.25. The van der Waals surface area contributed by atoms with Crippen LogP contribution in [-0.2, 0) is 29.8 Å². The minimum Gasteiger partial charge on any atom is -0.379 e. The number of nitrogens with two attached hydrogens (primary N) is 2. The number of carbonyl (C=O) groups excluding carboxylic acids is 1. The van der Waals surface area contributed by atoms with Gasteiger partial charge in [-0.15, -0.1) is 11.3 Å². The third-order valence-corrected chi connectivity index (χ3v) is 8.24. The predicted molar refractivity (Wildman–Crippen MR) is 147 cm³/mol. The van der Waals surface area contributed by atoms with Crippen molar-refractivity contribution < 1.29 is 27.9 Å². The molecule has 0 radical (unpaired) electrons. The van der Waals surface area contributed by atoms with Crippen molar-refractivity contribution in [2.24, 2.45) is 11.8 Å². The number of hydrogen-bond donors (Lipinski definition) is 3. The summed E-state index contributed by atoms with van der Waals surface area (Å²) in [6, 6.07) is 1.89. The molecule has 0 aromatic carbocycles. The Morgan fingerprint density at radius 1 is 1.17 bits per heavy atom. The summed E-state index contributed by atoms with van der Waals surface area (Å²) in [5, 5.41) is 14.0. The molecule has 41 heavy (non-hydrogen) atoms. The van der Waals surface area contributed by atoms with Crippen molar-refractivity contribution in [1.29, 1.82) is 0 Å². The lowest BCUT2D eigenvalue weighted by atomic mass is 9.93. The molecule has 5 rings (SSSR count). The zero-order chi connectivity index (χ0) is 28.8. The smallest absolute Gasteiger partial charge is 0.379 e. The first-order chi connectivity index (χ1) is 19.9. The van der Waals surface area contributed by atoms with Gasteiger partial charge in [0.1, 0.15) is 10.7 Å². The average Bonchev–Trinajstić information content (AvgIpc) is 3.77. The van der Waals surface area contributed by atoms with Gasteiger partial charge in [-0.3, -0.25) is 14.0 Å². The van der Waals surface area contributed by atoms with Gasteiger partial charge >= 0.3 is 7.82 Å². The van der Waals surface area contributed by atoms with Gasteiger partial charge < -0.3 is 10.1 Å². The first-order valence-corrected chi connectivity index (χ1v) is 15.0. The molecule has 1 saturated carbocycles. The maximum atomic E-state index is 13.2. The van der Waals surface area contributed by atoms with Crippen molar-refractivity contribution in [3.63, 3.8) is 0 Å². The Morgan fingerprint density at radius 2 is 1.93 bits per heavy atom. The van der Waals surface area contributed by atoms with E-state index in [2.05, 4.69) is 34.6 Å². The molecule has 0 atom stereocenters. The molecule has 4 aromatic heterocycles. The highest BCUT2D eigenvalue weighted by Gasteiger charge is 2.27. The first kappa shape index (κ1) is 29.1. The monoisotopic (exact) mass is 604 g/mol. The number of thiazole rings is 1. The third-order valence-electron chi connectivity index (χ3n) is 6.40. The number of anilines is 1. The number of hydrogen-bond acceptors (Lipinski definition) is 14. The highest BCUT2D eigenvalue weighted by atomic mass is 32.1. The Morgan fingerprint density at radius 3 is 2.63 bits per heavy atom. The van der Waals surface area contributed by atoms with Crippen LogP contribution >= 0.6 is 19.2 Å². The Kier molecular flexibility index (Phi) is 9.26. The molecule has 0 spiro atoms. The Labute approximate surface area is 238 Å². The van der Waals surface area contributed by atoms with Crippen molar-refractivity contribution >= 4 is 30.8 Å². The summed E-state index contributed by atoms with van der Waals surface area (Å²) in [6.07, 6.45) is 12.2. The van der Waals surface area contributed by atoms with Crippen molar-refractivity contribution in [3.8, 4) is 22.1 Å². The Balaban J connectivity index is 1.30. The molecule has 0 saturated heterocycles. The highest BCUT2D eigenvalue weighted by Crippen LogP contribution is 2.45. The van der Waals surface area contributed by atoms with Gasteiger partial charge in [-0.2, -0.15) is 19.4 Å². The van der Waals surface area contributed by atoms with E-state index in [1.54, 1.807) is 30.0 Å². The van der Waals surface area contributed by atoms with Crippen molar-refractivity contribution in [3.05, 3.63) is 48.1 Å². The summed E-state index contributed by atoms with van der Waals surface area (Å²) < 4.78 is 34.0. The van der Waals surface area contributed by atoms with Crippen LogP contribution in [-0.4, -0.2) is 53.1 Å². The lowest BCUT2D eigenvalue weighted by molar-refractivity contribution is 0.0260. The van der Waals surface area contributed by atoms with E-state index >= 15 is 0 Å². The van der Waals surface area contributed by atoms with E-state index in [1.807, 2.05) is 17.8 Å². The van der Waals surface area contributed by atoms with Gasteiger partial charge in [-0.1, -0.05) is 0 Å². The molecular weight excluding hydrogens is 575 g/mol. The quantitative estimate of drug-likeness (QED) is 0.157. The molecule has 4 aromatic rings. The van der Waals surface area contributed by atoms with Crippen LogP contribution in [0.3, 0.4) is 0 Å². The summed E-state index contributed by atoms with van der Waals surface area (Å²) in [6.45, 7) is 2.40. The fourth-order valence-electron chi connectivity index (χ4n) is 4.43. The summed E-state index contributed by atoms with van der Waals surface area (Å²) in [5.41, 5.74) is 1.77. The van der Waals surface area contributed by atoms with Gasteiger partial charge in [0.2, 0.25) is 0 Å². The van der Waals surface area contributed by atoms with Crippen molar-refractivity contribution in [2.45, 2.75) is 51.5 Å². The predicted octanol–water partition coefficient (Wildman–Crippen LogP) is 3.30. The number of aromatic nitrogens is 7. The lowest BCUT2D eigenvalue weighted by Crippen LogP contribution is -2.24. The van der Waals surface area contributed by atoms with Gasteiger partial charge in [0.05, 0.1) is 24.0 Å². The van der Waals surface area contributed by atoms with E-state index in [4.69, 9.17) is 26.2 Å². The van der Waals surface area contributed by atoms with Crippen molar-refractivity contribution in [1.82, 2.24) is 34.5 Å². The normalized spacial score (nSPS) is 17.5. The van der Waals surface area contributed by atoms with Crippen LogP contribution in [0.2, 0.25) is 0 Å². The molecule has 0 aliphatic heterocycles. The minimum atomic E-state index is -4.08. The van der Waals surface area contributed by atoms with E-state index in [0.717, 1.165) is 25.7 Å². The van der Waals surface area contributed by atoms with Gasteiger partial charge in [0, 0.05) is 42.3 Å². The number of phosphoric acid groups is 1. The molecule has 4 heterocycles. The molecule has 218 valence electrons. The largest absolute Gasteiger partial charge is 0.509 e. The molecule has 18 heteroatoms. The fourth-order valence-corrected chi connectivity index (χ4v) is 5.63. The van der Waals surface area contributed by atoms with Gasteiger partial charge in [-0.25, -0.2) is 36.0 Å². The number of nitrogens with zero attached hydrogens (tertiary/aromatic N) is 7. The molecule has 1 amide bonds. The topological polar surface area (TPSA) is 209 Å². The van der Waals surface area contributed by atoms with E-state index in [0.29, 0.717) is 34.4 Å². The number of carbonyl (C=O) groups is 1. The summed E-state index contributed by atoms with van der Waals surface area (Å²) in [5.74, 6) is 9.74. The molecule has 1 aliphatic rings. The minimum absolute atomic E-state index is 0.174. The maximum Gasteiger partial charge on any atom is 0.509 e. The number of ether oxygens (including phenoxy) is 1. The van der Waals surface area contributed by atoms with Gasteiger partial charge in [0.25, 0.3) is 5.91 Å². The molecule has 5 N–H and O–H groups in total. The van der Waals surface area contributed by atoms with Crippen LogP contribution in [0, 0.1) is 0 Å². The van der Waals surface area contributed by atoms with Crippen LogP contribution < -0.4 is 17.1 Å². The van der Waals surface area contributed by atoms with E-state index in [-0.39, 0.29) is 24.6 Å². The molecule has 16 nitrogen and oxygen atoms in total. The SMILES string of the molecule is CCOC1CCC(n2cc(NC(=O)c3csc(-c4cnn(COP(=O)(ON)ON)c4)n3)c(-c3ncccn3)n2)CC1. The molecule has 1 aliphatic carbocycles.